The van der Waals surface area contributed by atoms with Crippen molar-refractivity contribution in [1.29, 1.82) is 0 Å². The summed E-state index contributed by atoms with van der Waals surface area (Å²) in [6.07, 6.45) is 1.78. The fourth-order valence-corrected chi connectivity index (χ4v) is 3.04. The van der Waals surface area contributed by atoms with Crippen LogP contribution in [0.1, 0.15) is 27.2 Å². The van der Waals surface area contributed by atoms with Gasteiger partial charge in [0.2, 0.25) is 5.91 Å². The van der Waals surface area contributed by atoms with Crippen LogP contribution >= 0.6 is 0 Å². The van der Waals surface area contributed by atoms with Crippen LogP contribution in [0, 0.1) is 0 Å². The lowest BCUT2D eigenvalue weighted by Crippen LogP contribution is -2.53. The molecular weight excluding hydrogens is 377 g/mol. The Morgan fingerprint density at radius 3 is 2.86 bits per heavy atom. The second kappa shape index (κ2) is 8.61. The van der Waals surface area contributed by atoms with Crippen molar-refractivity contribution in [2.45, 2.75) is 25.3 Å². The number of rotatable bonds is 6. The summed E-state index contributed by atoms with van der Waals surface area (Å²) in [6, 6.07) is 8.14. The van der Waals surface area contributed by atoms with Crippen molar-refractivity contribution in [3.8, 4) is 5.75 Å². The van der Waals surface area contributed by atoms with Crippen LogP contribution in [0.2, 0.25) is 0 Å². The first kappa shape index (κ1) is 20.1. The zero-order chi connectivity index (χ0) is 21.0. The summed E-state index contributed by atoms with van der Waals surface area (Å²) in [6.45, 7) is 0.275. The SMILES string of the molecule is NC(N)=NCc1ccnc(CC(=O)NC2Cc3cccc(C(=O)O)c3OB2O)c1. The first-order valence-electron chi connectivity index (χ1n) is 8.82. The summed E-state index contributed by atoms with van der Waals surface area (Å²) in [4.78, 5) is 31.8. The standard InChI is InChI=1S/C18H20BN5O5/c20-18(21)23-9-10-4-5-22-12(6-10)8-15(25)24-14-7-11-2-1-3-13(17(26)27)16(11)29-19(14)28/h1-6,14,28H,7-9H2,(H,24,25)(H,26,27)(H4,20,21,23). The Morgan fingerprint density at radius 2 is 2.14 bits per heavy atom. The van der Waals surface area contributed by atoms with Gasteiger partial charge in [-0.3, -0.25) is 9.78 Å². The third-order valence-electron chi connectivity index (χ3n) is 4.36. The van der Waals surface area contributed by atoms with Gasteiger partial charge in [-0.25, -0.2) is 9.79 Å². The number of carboxylic acid groups (broad SMARTS) is 1. The lowest BCUT2D eigenvalue weighted by atomic mass is 9.72. The molecule has 0 aliphatic carbocycles. The summed E-state index contributed by atoms with van der Waals surface area (Å²) in [5.41, 5.74) is 12.5. The van der Waals surface area contributed by atoms with E-state index in [-0.39, 0.29) is 42.6 Å². The highest BCUT2D eigenvalue weighted by Gasteiger charge is 2.37. The number of hydrogen-bond donors (Lipinski definition) is 5. The van der Waals surface area contributed by atoms with Crippen LogP contribution in [-0.4, -0.2) is 46.0 Å². The van der Waals surface area contributed by atoms with E-state index >= 15 is 0 Å². The molecule has 0 fully saturated rings. The molecule has 1 aromatic heterocycles. The van der Waals surface area contributed by atoms with E-state index in [2.05, 4.69) is 15.3 Å². The molecule has 7 N–H and O–H groups in total. The summed E-state index contributed by atoms with van der Waals surface area (Å²) < 4.78 is 5.37. The van der Waals surface area contributed by atoms with E-state index in [9.17, 15) is 19.7 Å². The normalized spacial score (nSPS) is 15.1. The predicted molar refractivity (Wildman–Crippen MR) is 105 cm³/mol. The van der Waals surface area contributed by atoms with Crippen LogP contribution in [-0.2, 0) is 24.2 Å². The van der Waals surface area contributed by atoms with Gasteiger partial charge in [0.1, 0.15) is 5.75 Å². The fraction of sp³-hybridized carbons (Fsp3) is 0.222. The van der Waals surface area contributed by atoms with Crippen LogP contribution in [0.15, 0.2) is 41.5 Å². The monoisotopic (exact) mass is 397 g/mol. The molecule has 1 aromatic carbocycles. The van der Waals surface area contributed by atoms with Crippen LogP contribution < -0.4 is 21.4 Å². The second-order valence-corrected chi connectivity index (χ2v) is 6.56. The van der Waals surface area contributed by atoms with Gasteiger partial charge in [0.05, 0.1) is 24.5 Å². The Labute approximate surface area is 166 Å². The first-order valence-corrected chi connectivity index (χ1v) is 8.82. The number of fused-ring (bicyclic) bond motifs is 1. The van der Waals surface area contributed by atoms with E-state index in [4.69, 9.17) is 16.1 Å². The number of nitrogens with one attached hydrogen (secondary N) is 1. The van der Waals surface area contributed by atoms with Crippen molar-refractivity contribution in [2.24, 2.45) is 16.5 Å². The lowest BCUT2D eigenvalue weighted by Gasteiger charge is -2.28. The van der Waals surface area contributed by atoms with Gasteiger partial charge in [-0.1, -0.05) is 12.1 Å². The number of aromatic nitrogens is 1. The molecule has 1 amide bonds. The largest absolute Gasteiger partial charge is 0.547 e. The molecule has 0 radical (unpaired) electrons. The maximum atomic E-state index is 12.4. The fourth-order valence-electron chi connectivity index (χ4n) is 3.04. The number of carboxylic acids is 1. The molecule has 0 spiro atoms. The number of nitrogens with zero attached hydrogens (tertiary/aromatic N) is 2. The molecule has 2 aromatic rings. The molecular formula is C18H20BN5O5. The predicted octanol–water partition coefficient (Wildman–Crippen LogP) is -0.765. The molecule has 1 unspecified atom stereocenters. The quantitative estimate of drug-likeness (QED) is 0.240. The topological polar surface area (TPSA) is 173 Å². The molecule has 2 heterocycles. The van der Waals surface area contributed by atoms with Gasteiger partial charge in [-0.15, -0.1) is 0 Å². The minimum absolute atomic E-state index is 0.0130. The van der Waals surface area contributed by atoms with Gasteiger partial charge in [0.25, 0.3) is 0 Å². The third-order valence-corrected chi connectivity index (χ3v) is 4.36. The highest BCUT2D eigenvalue weighted by molar-refractivity contribution is 6.47. The maximum absolute atomic E-state index is 12.4. The Balaban J connectivity index is 1.66. The summed E-state index contributed by atoms with van der Waals surface area (Å²) in [5, 5.41) is 22.2. The van der Waals surface area contributed by atoms with Crippen molar-refractivity contribution in [2.75, 3.05) is 0 Å². The van der Waals surface area contributed by atoms with Gasteiger partial charge in [-0.05, 0) is 35.7 Å². The van der Waals surface area contributed by atoms with E-state index in [1.165, 1.54) is 6.07 Å². The van der Waals surface area contributed by atoms with E-state index in [1.54, 1.807) is 30.5 Å². The van der Waals surface area contributed by atoms with E-state index in [0.717, 1.165) is 5.56 Å². The number of pyridine rings is 1. The van der Waals surface area contributed by atoms with E-state index < -0.39 is 19.0 Å². The highest BCUT2D eigenvalue weighted by Crippen LogP contribution is 2.30. The van der Waals surface area contributed by atoms with Crippen LogP contribution in [0.25, 0.3) is 0 Å². The molecule has 1 aliphatic heterocycles. The van der Waals surface area contributed by atoms with Crippen molar-refractivity contribution in [3.63, 3.8) is 0 Å². The number of para-hydroxylation sites is 1. The van der Waals surface area contributed by atoms with Crippen LogP contribution in [0.3, 0.4) is 0 Å². The number of benzene rings is 1. The number of carbonyl (C=O) groups excluding carboxylic acids is 1. The average Bonchev–Trinajstić information content (AvgIpc) is 2.66. The molecule has 0 saturated carbocycles. The van der Waals surface area contributed by atoms with E-state index in [1.807, 2.05) is 0 Å². The lowest BCUT2D eigenvalue weighted by molar-refractivity contribution is -0.120. The number of amides is 1. The van der Waals surface area contributed by atoms with Gasteiger partial charge in [0, 0.05) is 11.9 Å². The smallest absolute Gasteiger partial charge is 0.534 e. The number of carbonyl (C=O) groups is 2. The Hall–Kier alpha value is -3.60. The molecule has 150 valence electrons. The van der Waals surface area contributed by atoms with Crippen molar-refractivity contribution in [1.82, 2.24) is 10.3 Å². The molecule has 1 atom stereocenters. The van der Waals surface area contributed by atoms with Gasteiger partial charge in [-0.2, -0.15) is 0 Å². The van der Waals surface area contributed by atoms with Crippen molar-refractivity contribution < 1.29 is 24.4 Å². The Morgan fingerprint density at radius 1 is 1.34 bits per heavy atom. The molecule has 29 heavy (non-hydrogen) atoms. The number of aliphatic imine (C=N–C) groups is 1. The van der Waals surface area contributed by atoms with Gasteiger partial charge < -0.3 is 31.6 Å². The molecule has 3 rings (SSSR count). The minimum Gasteiger partial charge on any atom is -0.534 e. The zero-order valence-electron chi connectivity index (χ0n) is 15.4. The molecule has 11 heteroatoms. The zero-order valence-corrected chi connectivity index (χ0v) is 15.4. The Kier molecular flexibility index (Phi) is 5.98. The third kappa shape index (κ3) is 5.02. The van der Waals surface area contributed by atoms with Gasteiger partial charge in [0.15, 0.2) is 5.96 Å². The number of nitrogens with two attached hydrogens (primary N) is 2. The average molecular weight is 397 g/mol. The highest BCUT2D eigenvalue weighted by atomic mass is 16.5. The summed E-state index contributed by atoms with van der Waals surface area (Å²) in [5.74, 6) is -2.14. The number of guanidine groups is 1. The maximum Gasteiger partial charge on any atom is 0.547 e. The molecule has 0 saturated heterocycles. The summed E-state index contributed by atoms with van der Waals surface area (Å²) >= 11 is 0. The Bertz CT molecular complexity index is 963. The van der Waals surface area contributed by atoms with Crippen molar-refractivity contribution in [3.05, 3.63) is 58.9 Å². The second-order valence-electron chi connectivity index (χ2n) is 6.56. The minimum atomic E-state index is -1.37. The van der Waals surface area contributed by atoms with Gasteiger partial charge >= 0.3 is 13.1 Å². The molecule has 0 bridgehead atoms. The summed E-state index contributed by atoms with van der Waals surface area (Å²) in [7, 11) is -1.37. The van der Waals surface area contributed by atoms with Crippen LogP contribution in [0.5, 0.6) is 5.75 Å². The van der Waals surface area contributed by atoms with Crippen LogP contribution in [0.4, 0.5) is 0 Å². The first-order chi connectivity index (χ1) is 13.8. The number of aromatic carboxylic acids is 1. The molecule has 1 aliphatic rings. The number of hydrogen-bond acceptors (Lipinski definition) is 6. The molecule has 10 nitrogen and oxygen atoms in total. The van der Waals surface area contributed by atoms with E-state index in [0.29, 0.717) is 11.3 Å². The van der Waals surface area contributed by atoms with Crippen molar-refractivity contribution >= 4 is 25.0 Å².